The van der Waals surface area contributed by atoms with E-state index in [-0.39, 0.29) is 0 Å². The third kappa shape index (κ3) is 19.4. The second-order valence-corrected chi connectivity index (χ2v) is 1.80. The molecule has 0 saturated heterocycles. The van der Waals surface area contributed by atoms with Crippen molar-refractivity contribution in [2.45, 2.75) is 13.8 Å². The van der Waals surface area contributed by atoms with Crippen LogP contribution in [0.5, 0.6) is 0 Å². The van der Waals surface area contributed by atoms with Gasteiger partial charge in [-0.25, -0.2) is 0 Å². The molecule has 0 radical (unpaired) electrons. The predicted octanol–water partition coefficient (Wildman–Crippen LogP) is 2.23. The Hall–Kier alpha value is -0.980. The van der Waals surface area contributed by atoms with Crippen molar-refractivity contribution < 1.29 is 0 Å². The van der Waals surface area contributed by atoms with Crippen molar-refractivity contribution in [3.63, 3.8) is 0 Å². The van der Waals surface area contributed by atoms with Gasteiger partial charge in [-0.3, -0.25) is 0 Å². The molecule has 1 heteroatoms. The Bertz CT molecular complexity index is 108. The number of hydrogen-bond donors (Lipinski definition) is 1. The zero-order valence-electron chi connectivity index (χ0n) is 6.28. The maximum Gasteiger partial charge on any atom is 0.0240 e. The van der Waals surface area contributed by atoms with Crippen LogP contribution >= 0.6 is 0 Å². The smallest absolute Gasteiger partial charge is 0.0240 e. The van der Waals surface area contributed by atoms with Gasteiger partial charge in [0, 0.05) is 5.70 Å². The second-order valence-electron chi connectivity index (χ2n) is 1.80. The molecule has 0 bridgehead atoms. The van der Waals surface area contributed by atoms with E-state index in [1.807, 2.05) is 19.9 Å². The lowest BCUT2D eigenvalue weighted by Crippen LogP contribution is -1.88. The molecule has 0 aliphatic rings. The summed E-state index contributed by atoms with van der Waals surface area (Å²) in [6.07, 6.45) is 1.83. The highest BCUT2D eigenvalue weighted by Crippen LogP contribution is 1.90. The summed E-state index contributed by atoms with van der Waals surface area (Å²) in [6, 6.07) is 0. The molecular weight excluding hydrogens is 110 g/mol. The number of rotatable bonds is 1. The van der Waals surface area contributed by atoms with Crippen LogP contribution in [0.3, 0.4) is 0 Å². The van der Waals surface area contributed by atoms with Crippen molar-refractivity contribution in [1.29, 1.82) is 0 Å². The molecule has 1 nitrogen and oxygen atoms in total. The summed E-state index contributed by atoms with van der Waals surface area (Å²) in [5, 5.41) is 0. The first-order chi connectivity index (χ1) is 4.13. The molecule has 0 fully saturated rings. The maximum absolute atomic E-state index is 5.22. The van der Waals surface area contributed by atoms with Crippen LogP contribution in [0.1, 0.15) is 13.8 Å². The van der Waals surface area contributed by atoms with Gasteiger partial charge >= 0.3 is 0 Å². The maximum atomic E-state index is 5.22. The van der Waals surface area contributed by atoms with Crippen LogP contribution in [-0.2, 0) is 0 Å². The first kappa shape index (κ1) is 10.9. The van der Waals surface area contributed by atoms with E-state index in [0.29, 0.717) is 5.70 Å². The van der Waals surface area contributed by atoms with Crippen LogP contribution in [0.15, 0.2) is 37.1 Å². The lowest BCUT2D eigenvalue weighted by atomic mass is 10.3. The molecule has 0 aliphatic heterocycles. The Morgan fingerprint density at radius 2 is 1.67 bits per heavy atom. The summed E-state index contributed by atoms with van der Waals surface area (Å²) >= 11 is 0. The molecule has 0 spiro atoms. The van der Waals surface area contributed by atoms with Gasteiger partial charge in [-0.15, -0.1) is 13.2 Å². The van der Waals surface area contributed by atoms with E-state index >= 15 is 0 Å². The second kappa shape index (κ2) is 7.02. The molecule has 0 aromatic carbocycles. The Kier molecular flexibility index (Phi) is 8.51. The third-order valence-electron chi connectivity index (χ3n) is 0.474. The molecule has 0 aromatic rings. The van der Waals surface area contributed by atoms with Gasteiger partial charge in [-0.1, -0.05) is 12.2 Å². The van der Waals surface area contributed by atoms with E-state index < -0.39 is 0 Å². The van der Waals surface area contributed by atoms with E-state index in [1.54, 1.807) is 0 Å². The highest BCUT2D eigenvalue weighted by Gasteiger charge is 1.74. The van der Waals surface area contributed by atoms with Crippen molar-refractivity contribution in [2.75, 3.05) is 0 Å². The number of allylic oxidation sites excluding steroid dienone is 2. The fourth-order valence-electron chi connectivity index (χ4n) is 0.371. The first-order valence-electron chi connectivity index (χ1n) is 2.72. The normalized spacial score (nSPS) is 6.44. The zero-order chi connectivity index (χ0) is 7.86. The molecular formula is C8H15N. The fraction of sp³-hybridized carbons (Fsp3) is 0.250. The third-order valence-corrected chi connectivity index (χ3v) is 0.474. The monoisotopic (exact) mass is 125 g/mol. The highest BCUT2D eigenvalue weighted by molar-refractivity contribution is 5.14. The largest absolute Gasteiger partial charge is 0.399 e. The SMILES string of the molecule is C=C.C=C(N)C=C(C)C. The van der Waals surface area contributed by atoms with E-state index in [0.717, 1.165) is 0 Å². The van der Waals surface area contributed by atoms with Gasteiger partial charge in [0.2, 0.25) is 0 Å². The van der Waals surface area contributed by atoms with E-state index in [4.69, 9.17) is 5.73 Å². The van der Waals surface area contributed by atoms with E-state index in [2.05, 4.69) is 19.7 Å². The van der Waals surface area contributed by atoms with E-state index in [9.17, 15) is 0 Å². The molecule has 0 saturated carbocycles. The first-order valence-corrected chi connectivity index (χ1v) is 2.72. The van der Waals surface area contributed by atoms with Gasteiger partial charge in [-0.05, 0) is 19.9 Å². The summed E-state index contributed by atoms with van der Waals surface area (Å²) in [5.74, 6) is 0. The topological polar surface area (TPSA) is 26.0 Å². The lowest BCUT2D eigenvalue weighted by Gasteiger charge is -1.86. The zero-order valence-corrected chi connectivity index (χ0v) is 6.28. The Balaban J connectivity index is 0. The fourth-order valence-corrected chi connectivity index (χ4v) is 0.371. The molecule has 0 aliphatic carbocycles. The van der Waals surface area contributed by atoms with Crippen molar-refractivity contribution in [2.24, 2.45) is 5.73 Å². The molecule has 0 amide bonds. The Morgan fingerprint density at radius 1 is 1.33 bits per heavy atom. The summed E-state index contributed by atoms with van der Waals surface area (Å²) in [4.78, 5) is 0. The minimum absolute atomic E-state index is 0.625. The number of hydrogen-bond acceptors (Lipinski definition) is 1. The van der Waals surface area contributed by atoms with Crippen LogP contribution in [0.4, 0.5) is 0 Å². The van der Waals surface area contributed by atoms with Gasteiger partial charge in [0.15, 0.2) is 0 Å². The summed E-state index contributed by atoms with van der Waals surface area (Å²) < 4.78 is 0. The van der Waals surface area contributed by atoms with Crippen LogP contribution in [0, 0.1) is 0 Å². The molecule has 0 unspecified atom stereocenters. The summed E-state index contributed by atoms with van der Waals surface area (Å²) in [6.45, 7) is 13.5. The molecule has 0 aromatic heterocycles. The Morgan fingerprint density at radius 3 is 1.67 bits per heavy atom. The van der Waals surface area contributed by atoms with Crippen molar-refractivity contribution in [3.05, 3.63) is 37.1 Å². The van der Waals surface area contributed by atoms with Crippen molar-refractivity contribution in [1.82, 2.24) is 0 Å². The molecule has 0 atom stereocenters. The molecule has 0 rings (SSSR count). The van der Waals surface area contributed by atoms with Gasteiger partial charge < -0.3 is 5.73 Å². The van der Waals surface area contributed by atoms with Crippen molar-refractivity contribution in [3.8, 4) is 0 Å². The standard InChI is InChI=1S/C6H11N.C2H4/c1-5(2)4-6(3)7;1-2/h4H,3,7H2,1-2H3;1-2H2. The molecule has 2 N–H and O–H groups in total. The molecule has 0 heterocycles. The van der Waals surface area contributed by atoms with Gasteiger partial charge in [0.05, 0.1) is 0 Å². The van der Waals surface area contributed by atoms with Crippen LogP contribution in [0.2, 0.25) is 0 Å². The summed E-state index contributed by atoms with van der Waals surface area (Å²) in [5.41, 5.74) is 7.04. The quantitative estimate of drug-likeness (QED) is 0.422. The minimum atomic E-state index is 0.625. The van der Waals surface area contributed by atoms with E-state index in [1.165, 1.54) is 5.57 Å². The lowest BCUT2D eigenvalue weighted by molar-refractivity contribution is 1.33. The van der Waals surface area contributed by atoms with Crippen LogP contribution < -0.4 is 5.73 Å². The van der Waals surface area contributed by atoms with Gasteiger partial charge in [0.1, 0.15) is 0 Å². The van der Waals surface area contributed by atoms with Gasteiger partial charge in [0.25, 0.3) is 0 Å². The van der Waals surface area contributed by atoms with Crippen LogP contribution in [0.25, 0.3) is 0 Å². The van der Waals surface area contributed by atoms with Crippen molar-refractivity contribution >= 4 is 0 Å². The predicted molar refractivity (Wildman–Crippen MR) is 44.0 cm³/mol. The van der Waals surface area contributed by atoms with Gasteiger partial charge in [-0.2, -0.15) is 0 Å². The summed E-state index contributed by atoms with van der Waals surface area (Å²) in [7, 11) is 0. The average Bonchev–Trinajstić information content (AvgIpc) is 1.68. The Labute approximate surface area is 57.6 Å². The minimum Gasteiger partial charge on any atom is -0.399 e. The number of nitrogens with two attached hydrogens (primary N) is 1. The van der Waals surface area contributed by atoms with Crippen LogP contribution in [-0.4, -0.2) is 0 Å². The molecule has 9 heavy (non-hydrogen) atoms. The highest BCUT2D eigenvalue weighted by atomic mass is 14.5. The average molecular weight is 125 g/mol. The molecule has 52 valence electrons.